The Bertz CT molecular complexity index is 1170. The van der Waals surface area contributed by atoms with Crippen LogP contribution in [0.25, 0.3) is 11.1 Å². The number of hydrogen-bond acceptors (Lipinski definition) is 5. The van der Waals surface area contributed by atoms with Crippen LogP contribution in [0.5, 0.6) is 0 Å². The Hall–Kier alpha value is -3.72. The lowest BCUT2D eigenvalue weighted by Gasteiger charge is -2.19. The number of halogens is 1. The number of nitrogens with zero attached hydrogens (tertiary/aromatic N) is 1. The van der Waals surface area contributed by atoms with Crippen molar-refractivity contribution in [1.82, 2.24) is 10.3 Å². The average Bonchev–Trinajstić information content (AvgIpc) is 3.15. The number of amides is 2. The summed E-state index contributed by atoms with van der Waals surface area (Å²) in [5.74, 6) is -1.50. The molecule has 0 fully saturated rings. The van der Waals surface area contributed by atoms with Crippen LogP contribution in [-0.4, -0.2) is 40.7 Å². The van der Waals surface area contributed by atoms with Crippen molar-refractivity contribution >= 4 is 39.7 Å². The fraction of sp³-hybridized carbons (Fsp3) is 0.200. The molecule has 0 saturated carbocycles. The third-order valence-corrected chi connectivity index (χ3v) is 6.05. The van der Waals surface area contributed by atoms with Gasteiger partial charge in [-0.15, -0.1) is 0 Å². The SMILES string of the molecule is O=C(O)CCC(NC(=O)OCC1c2ccccc2-c2ccccc21)C(=O)Nc1ccc(Br)cn1. The number of benzene rings is 2. The van der Waals surface area contributed by atoms with Crippen molar-refractivity contribution in [3.05, 3.63) is 82.5 Å². The van der Waals surface area contributed by atoms with Crippen molar-refractivity contribution in [2.24, 2.45) is 0 Å². The minimum atomic E-state index is -1.10. The van der Waals surface area contributed by atoms with Crippen molar-refractivity contribution in [2.75, 3.05) is 11.9 Å². The number of aliphatic carboxylic acids is 1. The molecule has 2 aromatic carbocycles. The maximum Gasteiger partial charge on any atom is 0.407 e. The van der Waals surface area contributed by atoms with Gasteiger partial charge in [0.2, 0.25) is 5.91 Å². The fourth-order valence-corrected chi connectivity index (χ4v) is 4.22. The highest BCUT2D eigenvalue weighted by Crippen LogP contribution is 2.44. The highest BCUT2D eigenvalue weighted by molar-refractivity contribution is 9.10. The van der Waals surface area contributed by atoms with Gasteiger partial charge in [-0.05, 0) is 56.7 Å². The molecule has 9 heteroatoms. The van der Waals surface area contributed by atoms with Crippen molar-refractivity contribution in [2.45, 2.75) is 24.8 Å². The summed E-state index contributed by atoms with van der Waals surface area (Å²) >= 11 is 3.27. The largest absolute Gasteiger partial charge is 0.481 e. The minimum absolute atomic E-state index is 0.0847. The third kappa shape index (κ3) is 5.43. The van der Waals surface area contributed by atoms with Crippen LogP contribution in [0.3, 0.4) is 0 Å². The molecule has 1 atom stereocenters. The van der Waals surface area contributed by atoms with Crippen molar-refractivity contribution < 1.29 is 24.2 Å². The number of carboxylic acids is 1. The van der Waals surface area contributed by atoms with Gasteiger partial charge in [0.15, 0.2) is 0 Å². The maximum absolute atomic E-state index is 12.7. The first-order valence-corrected chi connectivity index (χ1v) is 11.5. The van der Waals surface area contributed by atoms with Crippen LogP contribution in [-0.2, 0) is 14.3 Å². The van der Waals surface area contributed by atoms with Gasteiger partial charge < -0.3 is 20.5 Å². The number of ether oxygens (including phenoxy) is 1. The summed E-state index contributed by atoms with van der Waals surface area (Å²) in [4.78, 5) is 40.4. The van der Waals surface area contributed by atoms with E-state index in [1.54, 1.807) is 12.1 Å². The van der Waals surface area contributed by atoms with E-state index in [1.807, 2.05) is 48.5 Å². The Labute approximate surface area is 204 Å². The lowest BCUT2D eigenvalue weighted by molar-refractivity contribution is -0.137. The maximum atomic E-state index is 12.7. The standard InChI is InChI=1S/C25H22BrN3O5/c26-15-9-11-22(27-13-15)29-24(32)21(10-12-23(30)31)28-25(33)34-14-20-18-7-3-1-5-16(18)17-6-2-4-8-19(17)20/h1-9,11,13,20-21H,10,12,14H2,(H,28,33)(H,30,31)(H,27,29,32). The van der Waals surface area contributed by atoms with Gasteiger partial charge in [0.1, 0.15) is 18.5 Å². The monoisotopic (exact) mass is 523 g/mol. The second-order valence-corrected chi connectivity index (χ2v) is 8.72. The molecule has 0 spiro atoms. The lowest BCUT2D eigenvalue weighted by Crippen LogP contribution is -2.44. The third-order valence-electron chi connectivity index (χ3n) is 5.58. The zero-order valence-corrected chi connectivity index (χ0v) is 19.6. The predicted molar refractivity (Wildman–Crippen MR) is 129 cm³/mol. The molecular formula is C25H22BrN3O5. The van der Waals surface area contributed by atoms with Gasteiger partial charge >= 0.3 is 12.1 Å². The Kier molecular flexibility index (Phi) is 7.22. The van der Waals surface area contributed by atoms with E-state index in [0.717, 1.165) is 26.7 Å². The number of alkyl carbamates (subject to hydrolysis) is 1. The minimum Gasteiger partial charge on any atom is -0.481 e. The number of carbonyl (C=O) groups is 3. The highest BCUT2D eigenvalue weighted by Gasteiger charge is 2.30. The van der Waals surface area contributed by atoms with Gasteiger partial charge in [-0.3, -0.25) is 9.59 Å². The van der Waals surface area contributed by atoms with Gasteiger partial charge in [0.25, 0.3) is 0 Å². The normalized spacial score (nSPS) is 12.9. The number of anilines is 1. The number of nitrogens with one attached hydrogen (secondary N) is 2. The van der Waals surface area contributed by atoms with Crippen LogP contribution in [0.2, 0.25) is 0 Å². The van der Waals surface area contributed by atoms with Crippen LogP contribution >= 0.6 is 15.9 Å². The summed E-state index contributed by atoms with van der Waals surface area (Å²) < 4.78 is 6.23. The number of fused-ring (bicyclic) bond motifs is 3. The fourth-order valence-electron chi connectivity index (χ4n) is 3.98. The molecule has 0 saturated heterocycles. The molecule has 2 amide bonds. The number of carbonyl (C=O) groups excluding carboxylic acids is 2. The molecule has 0 radical (unpaired) electrons. The van der Waals surface area contributed by atoms with Crippen molar-refractivity contribution in [3.8, 4) is 11.1 Å². The van der Waals surface area contributed by atoms with E-state index >= 15 is 0 Å². The summed E-state index contributed by atoms with van der Waals surface area (Å²) in [6.45, 7) is 0.0847. The topological polar surface area (TPSA) is 118 Å². The molecule has 1 heterocycles. The van der Waals surface area contributed by atoms with E-state index < -0.39 is 24.0 Å². The molecule has 8 nitrogen and oxygen atoms in total. The number of carboxylic acid groups (broad SMARTS) is 1. The molecular weight excluding hydrogens is 502 g/mol. The van der Waals surface area contributed by atoms with Gasteiger partial charge in [-0.2, -0.15) is 0 Å². The summed E-state index contributed by atoms with van der Waals surface area (Å²) in [6, 6.07) is 18.1. The van der Waals surface area contributed by atoms with Gasteiger partial charge in [-0.25, -0.2) is 9.78 Å². The lowest BCUT2D eigenvalue weighted by atomic mass is 9.98. The Balaban J connectivity index is 1.42. The zero-order valence-electron chi connectivity index (χ0n) is 18.0. The number of rotatable bonds is 8. The Morgan fingerprint density at radius 2 is 1.65 bits per heavy atom. The average molecular weight is 524 g/mol. The first kappa shape index (κ1) is 23.4. The van der Waals surface area contributed by atoms with Crippen LogP contribution in [0.1, 0.15) is 29.9 Å². The number of hydrogen-bond donors (Lipinski definition) is 3. The van der Waals surface area contributed by atoms with E-state index in [4.69, 9.17) is 9.84 Å². The van der Waals surface area contributed by atoms with Crippen LogP contribution in [0, 0.1) is 0 Å². The molecule has 0 aliphatic heterocycles. The number of aromatic nitrogens is 1. The van der Waals surface area contributed by atoms with E-state index in [2.05, 4.69) is 31.5 Å². The zero-order chi connectivity index (χ0) is 24.1. The van der Waals surface area contributed by atoms with Gasteiger partial charge in [0.05, 0.1) is 0 Å². The van der Waals surface area contributed by atoms with Crippen LogP contribution in [0.15, 0.2) is 71.3 Å². The van der Waals surface area contributed by atoms with Gasteiger partial charge in [-0.1, -0.05) is 48.5 Å². The summed E-state index contributed by atoms with van der Waals surface area (Å²) in [5, 5.41) is 14.1. The Morgan fingerprint density at radius 1 is 1.00 bits per heavy atom. The number of pyridine rings is 1. The quantitative estimate of drug-likeness (QED) is 0.398. The molecule has 174 valence electrons. The molecule has 1 unspecified atom stereocenters. The van der Waals surface area contributed by atoms with Crippen LogP contribution in [0.4, 0.5) is 10.6 Å². The summed E-state index contributed by atoms with van der Waals surface area (Å²) in [7, 11) is 0. The van der Waals surface area contributed by atoms with E-state index in [9.17, 15) is 14.4 Å². The Morgan fingerprint density at radius 3 is 2.24 bits per heavy atom. The summed E-state index contributed by atoms with van der Waals surface area (Å²) in [6.07, 6.45) is 0.328. The van der Waals surface area contributed by atoms with Gasteiger partial charge in [0, 0.05) is 23.0 Å². The van der Waals surface area contributed by atoms with E-state index in [0.29, 0.717) is 0 Å². The molecule has 3 N–H and O–H groups in total. The summed E-state index contributed by atoms with van der Waals surface area (Å²) in [5.41, 5.74) is 4.34. The first-order valence-electron chi connectivity index (χ1n) is 10.7. The smallest absolute Gasteiger partial charge is 0.407 e. The van der Waals surface area contributed by atoms with E-state index in [1.165, 1.54) is 6.20 Å². The highest BCUT2D eigenvalue weighted by atomic mass is 79.9. The van der Waals surface area contributed by atoms with Crippen molar-refractivity contribution in [1.29, 1.82) is 0 Å². The molecule has 1 aromatic heterocycles. The van der Waals surface area contributed by atoms with Crippen LogP contribution < -0.4 is 10.6 Å². The first-order chi connectivity index (χ1) is 16.4. The van der Waals surface area contributed by atoms with E-state index in [-0.39, 0.29) is 31.2 Å². The molecule has 1 aliphatic rings. The molecule has 1 aliphatic carbocycles. The van der Waals surface area contributed by atoms with Crippen molar-refractivity contribution in [3.63, 3.8) is 0 Å². The molecule has 34 heavy (non-hydrogen) atoms. The molecule has 0 bridgehead atoms. The second-order valence-electron chi connectivity index (χ2n) is 7.81. The predicted octanol–water partition coefficient (Wildman–Crippen LogP) is 4.55. The second kappa shape index (κ2) is 10.5. The molecule has 3 aromatic rings. The molecule has 4 rings (SSSR count).